The van der Waals surface area contributed by atoms with E-state index in [4.69, 9.17) is 14.2 Å². The molecule has 1 saturated heterocycles. The fraction of sp³-hybridized carbons (Fsp3) is 0.476. The topological polar surface area (TPSA) is 82.1 Å². The van der Waals surface area contributed by atoms with Crippen LogP contribution in [0.3, 0.4) is 0 Å². The Morgan fingerprint density at radius 2 is 1.79 bits per heavy atom. The zero-order valence-electron chi connectivity index (χ0n) is 16.5. The second-order valence-corrected chi connectivity index (χ2v) is 7.11. The van der Waals surface area contributed by atoms with Crippen LogP contribution in [-0.2, 0) is 28.6 Å². The minimum atomic E-state index is -0.695. The van der Waals surface area contributed by atoms with Gasteiger partial charge in [-0.3, -0.25) is 14.4 Å². The van der Waals surface area contributed by atoms with Crippen LogP contribution in [0.4, 0.5) is 5.69 Å². The predicted octanol–water partition coefficient (Wildman–Crippen LogP) is 2.60. The molecular formula is C21H25NO6. The van der Waals surface area contributed by atoms with Gasteiger partial charge in [0.25, 0.3) is 0 Å². The van der Waals surface area contributed by atoms with Crippen molar-refractivity contribution in [2.45, 2.75) is 52.6 Å². The summed E-state index contributed by atoms with van der Waals surface area (Å²) in [5.41, 5.74) is 2.30. The van der Waals surface area contributed by atoms with Crippen molar-refractivity contribution in [3.05, 3.63) is 41.6 Å². The van der Waals surface area contributed by atoms with E-state index in [0.717, 1.165) is 11.4 Å². The van der Waals surface area contributed by atoms with Gasteiger partial charge < -0.3 is 19.1 Å². The predicted molar refractivity (Wildman–Crippen MR) is 101 cm³/mol. The monoisotopic (exact) mass is 387 g/mol. The number of fused-ring (bicyclic) bond motifs is 2. The minimum Gasteiger partial charge on any atom is -0.463 e. The molecular weight excluding hydrogens is 362 g/mol. The van der Waals surface area contributed by atoms with E-state index >= 15 is 0 Å². The van der Waals surface area contributed by atoms with E-state index in [9.17, 15) is 14.4 Å². The van der Waals surface area contributed by atoms with Crippen LogP contribution in [0.1, 0.15) is 34.1 Å². The van der Waals surface area contributed by atoms with Crippen LogP contribution in [0.2, 0.25) is 0 Å². The Morgan fingerprint density at radius 3 is 2.36 bits per heavy atom. The third-order valence-corrected chi connectivity index (χ3v) is 5.13. The van der Waals surface area contributed by atoms with E-state index in [1.54, 1.807) is 0 Å². The van der Waals surface area contributed by atoms with Gasteiger partial charge in [0.05, 0.1) is 0 Å². The highest BCUT2D eigenvalue weighted by molar-refractivity contribution is 5.95. The maximum atomic E-state index is 12.5. The van der Waals surface area contributed by atoms with Gasteiger partial charge in [-0.2, -0.15) is 0 Å². The standard InChI is InChI=1S/C21H25NO6/c1-12-20(13(2)23)17-10-19(22(12)16-8-6-5-7-9-16)28-18(11-26-14(3)24)21(17)27-15(4)25/h5-9,17-19,21H,10-11H2,1-4H3. The lowest BCUT2D eigenvalue weighted by Crippen LogP contribution is -2.58. The van der Waals surface area contributed by atoms with E-state index in [-0.39, 0.29) is 24.5 Å². The van der Waals surface area contributed by atoms with E-state index in [1.807, 2.05) is 42.2 Å². The number of para-hydroxylation sites is 1. The van der Waals surface area contributed by atoms with Crippen LogP contribution < -0.4 is 4.90 Å². The van der Waals surface area contributed by atoms with Crippen molar-refractivity contribution < 1.29 is 28.6 Å². The molecule has 2 aliphatic heterocycles. The lowest BCUT2D eigenvalue weighted by Gasteiger charge is -2.50. The Bertz CT molecular complexity index is 802. The van der Waals surface area contributed by atoms with Gasteiger partial charge in [-0.25, -0.2) is 0 Å². The molecule has 4 unspecified atom stereocenters. The number of ketones is 1. The molecule has 1 aromatic rings. The van der Waals surface area contributed by atoms with Crippen LogP contribution >= 0.6 is 0 Å². The molecule has 0 aliphatic carbocycles. The number of anilines is 1. The van der Waals surface area contributed by atoms with Gasteiger partial charge in [-0.15, -0.1) is 0 Å². The van der Waals surface area contributed by atoms with Gasteiger partial charge >= 0.3 is 11.9 Å². The minimum absolute atomic E-state index is 0.0485. The molecule has 0 amide bonds. The van der Waals surface area contributed by atoms with Crippen molar-refractivity contribution in [3.8, 4) is 0 Å². The van der Waals surface area contributed by atoms with Crippen LogP contribution in [0, 0.1) is 5.92 Å². The molecule has 4 atom stereocenters. The zero-order chi connectivity index (χ0) is 20.4. The number of hydrogen-bond donors (Lipinski definition) is 0. The first-order valence-corrected chi connectivity index (χ1v) is 9.31. The molecule has 1 fully saturated rings. The first kappa shape index (κ1) is 20.1. The molecule has 7 nitrogen and oxygen atoms in total. The molecule has 0 spiro atoms. The summed E-state index contributed by atoms with van der Waals surface area (Å²) >= 11 is 0. The normalized spacial score (nSPS) is 26.6. The highest BCUT2D eigenvalue weighted by atomic mass is 16.6. The summed E-state index contributed by atoms with van der Waals surface area (Å²) in [5.74, 6) is -1.31. The van der Waals surface area contributed by atoms with Crippen LogP contribution in [-0.4, -0.2) is 42.8 Å². The average molecular weight is 387 g/mol. The molecule has 28 heavy (non-hydrogen) atoms. The molecule has 2 aliphatic rings. The Hall–Kier alpha value is -2.67. The largest absolute Gasteiger partial charge is 0.463 e. The summed E-state index contributed by atoms with van der Waals surface area (Å²) in [7, 11) is 0. The van der Waals surface area contributed by atoms with Crippen LogP contribution in [0.15, 0.2) is 41.6 Å². The number of carbonyl (C=O) groups excluding carboxylic acids is 3. The highest BCUT2D eigenvalue weighted by Gasteiger charge is 2.49. The van der Waals surface area contributed by atoms with Gasteiger partial charge in [-0.05, 0) is 26.0 Å². The van der Waals surface area contributed by atoms with E-state index in [1.165, 1.54) is 20.8 Å². The molecule has 0 saturated carbocycles. The fourth-order valence-electron chi connectivity index (χ4n) is 4.16. The van der Waals surface area contributed by atoms with Crippen molar-refractivity contribution in [3.63, 3.8) is 0 Å². The number of ether oxygens (including phenoxy) is 3. The quantitative estimate of drug-likeness (QED) is 0.718. The first-order chi connectivity index (χ1) is 13.3. The van der Waals surface area contributed by atoms with Crippen molar-refractivity contribution in [1.82, 2.24) is 0 Å². The first-order valence-electron chi connectivity index (χ1n) is 9.31. The van der Waals surface area contributed by atoms with Crippen molar-refractivity contribution >= 4 is 23.4 Å². The molecule has 2 heterocycles. The molecule has 7 heteroatoms. The Balaban J connectivity index is 2.05. The molecule has 1 aromatic carbocycles. The van der Waals surface area contributed by atoms with Crippen molar-refractivity contribution in [2.75, 3.05) is 11.5 Å². The second kappa shape index (κ2) is 8.14. The number of carbonyl (C=O) groups is 3. The third-order valence-electron chi connectivity index (χ3n) is 5.13. The number of benzene rings is 1. The molecule has 3 rings (SSSR count). The number of nitrogens with zero attached hydrogens (tertiary/aromatic N) is 1. The SMILES string of the molecule is CC(=O)OCC1OC2CC(C(C(C)=O)=C(C)N2c2ccccc2)C1OC(C)=O. The van der Waals surface area contributed by atoms with Crippen LogP contribution in [0.5, 0.6) is 0 Å². The lowest BCUT2D eigenvalue weighted by molar-refractivity contribution is -0.192. The summed E-state index contributed by atoms with van der Waals surface area (Å²) in [6.45, 7) is 5.98. The molecule has 0 aromatic heterocycles. The summed E-state index contributed by atoms with van der Waals surface area (Å²) in [4.78, 5) is 37.5. The average Bonchev–Trinajstić information content (AvgIpc) is 2.62. The number of Topliss-reactive ketones (excluding diaryl/α,β-unsaturated/α-hetero) is 1. The smallest absolute Gasteiger partial charge is 0.303 e. The van der Waals surface area contributed by atoms with E-state index in [0.29, 0.717) is 12.0 Å². The molecule has 0 N–H and O–H groups in total. The molecule has 0 radical (unpaired) electrons. The summed E-state index contributed by atoms with van der Waals surface area (Å²) in [6, 6.07) is 9.66. The number of rotatable bonds is 5. The maximum Gasteiger partial charge on any atom is 0.303 e. The van der Waals surface area contributed by atoms with E-state index < -0.39 is 24.1 Å². The van der Waals surface area contributed by atoms with Gasteiger partial charge in [0.15, 0.2) is 5.78 Å². The Kier molecular flexibility index (Phi) is 5.84. The third kappa shape index (κ3) is 3.94. The summed E-state index contributed by atoms with van der Waals surface area (Å²) in [5, 5.41) is 0. The van der Waals surface area contributed by atoms with Crippen LogP contribution in [0.25, 0.3) is 0 Å². The van der Waals surface area contributed by atoms with E-state index in [2.05, 4.69) is 0 Å². The van der Waals surface area contributed by atoms with Gasteiger partial charge in [0, 0.05) is 43.1 Å². The fourth-order valence-corrected chi connectivity index (χ4v) is 4.16. The van der Waals surface area contributed by atoms with Gasteiger partial charge in [-0.1, -0.05) is 18.2 Å². The molecule has 2 bridgehead atoms. The zero-order valence-corrected chi connectivity index (χ0v) is 16.5. The maximum absolute atomic E-state index is 12.5. The Morgan fingerprint density at radius 1 is 1.11 bits per heavy atom. The number of esters is 2. The van der Waals surface area contributed by atoms with Crippen molar-refractivity contribution in [1.29, 1.82) is 0 Å². The highest BCUT2D eigenvalue weighted by Crippen LogP contribution is 2.43. The summed E-state index contributed by atoms with van der Waals surface area (Å²) in [6.07, 6.45) is -1.22. The summed E-state index contributed by atoms with van der Waals surface area (Å²) < 4.78 is 16.9. The lowest BCUT2D eigenvalue weighted by atomic mass is 9.78. The second-order valence-electron chi connectivity index (χ2n) is 7.11. The van der Waals surface area contributed by atoms with Gasteiger partial charge in [0.1, 0.15) is 25.0 Å². The Labute approximate surface area is 164 Å². The number of allylic oxidation sites excluding steroid dienone is 1. The van der Waals surface area contributed by atoms with Crippen molar-refractivity contribution in [2.24, 2.45) is 5.92 Å². The van der Waals surface area contributed by atoms with Gasteiger partial charge in [0.2, 0.25) is 0 Å². The molecule has 150 valence electrons. The number of hydrogen-bond acceptors (Lipinski definition) is 7.